The van der Waals surface area contributed by atoms with Crippen molar-refractivity contribution in [1.29, 1.82) is 0 Å². The first kappa shape index (κ1) is 14.7. The van der Waals surface area contributed by atoms with Gasteiger partial charge in [0, 0.05) is 6.08 Å². The average molecular weight is 316 g/mol. The molecule has 0 radical (unpaired) electrons. The molecule has 0 bridgehead atoms. The van der Waals surface area contributed by atoms with Crippen molar-refractivity contribution >= 4 is 34.5 Å². The number of carboxylic acid groups (broad SMARTS) is 1. The lowest BCUT2D eigenvalue weighted by atomic mass is 10.1. The van der Waals surface area contributed by atoms with Crippen molar-refractivity contribution in [1.82, 2.24) is 14.9 Å². The van der Waals surface area contributed by atoms with Gasteiger partial charge in [-0.2, -0.15) is 0 Å². The summed E-state index contributed by atoms with van der Waals surface area (Å²) in [5.74, 6) is -2.37. The molecule has 118 valence electrons. The molecule has 1 aromatic carbocycles. The number of aliphatic hydroxyl groups excluding tert-OH is 1. The molecule has 9 heteroatoms. The van der Waals surface area contributed by atoms with Crippen LogP contribution in [0.5, 0.6) is 0 Å². The van der Waals surface area contributed by atoms with Crippen LogP contribution in [0.2, 0.25) is 0 Å². The maximum absolute atomic E-state index is 12.1. The number of H-pyrrole nitrogens is 1. The van der Waals surface area contributed by atoms with Gasteiger partial charge in [-0.25, -0.2) is 9.78 Å². The zero-order chi connectivity index (χ0) is 16.6. The monoisotopic (exact) mass is 316 g/mol. The van der Waals surface area contributed by atoms with Crippen molar-refractivity contribution in [2.45, 2.75) is 0 Å². The van der Waals surface area contributed by atoms with Gasteiger partial charge in [-0.05, 0) is 12.1 Å². The van der Waals surface area contributed by atoms with Gasteiger partial charge < -0.3 is 20.5 Å². The number of hydrogen-bond acceptors (Lipinski definition) is 6. The van der Waals surface area contributed by atoms with Gasteiger partial charge in [0.05, 0.1) is 41.8 Å². The molecule has 3 rings (SSSR count). The third-order valence-electron chi connectivity index (χ3n) is 3.39. The molecule has 0 fully saturated rings. The Morgan fingerprint density at radius 1 is 1.35 bits per heavy atom. The van der Waals surface area contributed by atoms with E-state index in [1.54, 1.807) is 0 Å². The summed E-state index contributed by atoms with van der Waals surface area (Å²) in [5, 5.41) is 20.8. The van der Waals surface area contributed by atoms with Crippen molar-refractivity contribution in [2.75, 3.05) is 18.5 Å². The fraction of sp³-hybridized carbons (Fsp3) is 0.143. The Morgan fingerprint density at radius 2 is 2.13 bits per heavy atom. The molecule has 23 heavy (non-hydrogen) atoms. The summed E-state index contributed by atoms with van der Waals surface area (Å²) in [6.07, 6.45) is 2.49. The zero-order valence-corrected chi connectivity index (χ0v) is 11.7. The highest BCUT2D eigenvalue weighted by Gasteiger charge is 2.31. The molecule has 0 atom stereocenters. The number of aromatic carboxylic acids is 1. The van der Waals surface area contributed by atoms with Gasteiger partial charge >= 0.3 is 5.97 Å². The number of benzene rings is 1. The van der Waals surface area contributed by atoms with Gasteiger partial charge in [0.15, 0.2) is 0 Å². The average Bonchev–Trinajstić information content (AvgIpc) is 3.06. The van der Waals surface area contributed by atoms with Gasteiger partial charge in [0.25, 0.3) is 11.8 Å². The second-order valence-corrected chi connectivity index (χ2v) is 4.82. The number of aliphatic hydroxyl groups is 1. The number of nitrogens with zero attached hydrogens (tertiary/aromatic N) is 2. The number of imide groups is 1. The second-order valence-electron chi connectivity index (χ2n) is 4.82. The number of carboxylic acids is 1. The van der Waals surface area contributed by atoms with Crippen LogP contribution in [0.25, 0.3) is 11.0 Å². The molecule has 0 spiro atoms. The molecular weight excluding hydrogens is 304 g/mol. The lowest BCUT2D eigenvalue weighted by Crippen LogP contribution is -2.34. The molecule has 1 aliphatic heterocycles. The Balaban J connectivity index is 1.96. The van der Waals surface area contributed by atoms with Crippen molar-refractivity contribution in [3.8, 4) is 0 Å². The molecule has 0 unspecified atom stereocenters. The number of hydrogen-bond donors (Lipinski definition) is 4. The summed E-state index contributed by atoms with van der Waals surface area (Å²) in [6, 6.07) is 2.86. The van der Waals surface area contributed by atoms with E-state index in [2.05, 4.69) is 15.3 Å². The van der Waals surface area contributed by atoms with Crippen LogP contribution in [0.1, 0.15) is 10.4 Å². The summed E-state index contributed by atoms with van der Waals surface area (Å²) in [6.45, 7) is -0.470. The SMILES string of the molecule is O=C(O)c1cc2[nH]cnc2cc1NC1=CC(=O)N(CCO)C1=O. The van der Waals surface area contributed by atoms with Crippen LogP contribution in [0.4, 0.5) is 5.69 Å². The molecule has 4 N–H and O–H groups in total. The van der Waals surface area contributed by atoms with E-state index in [0.29, 0.717) is 11.0 Å². The van der Waals surface area contributed by atoms with E-state index in [9.17, 15) is 19.5 Å². The third-order valence-corrected chi connectivity index (χ3v) is 3.39. The van der Waals surface area contributed by atoms with E-state index in [0.717, 1.165) is 11.0 Å². The van der Waals surface area contributed by atoms with Gasteiger partial charge in [0.2, 0.25) is 0 Å². The maximum Gasteiger partial charge on any atom is 0.337 e. The molecule has 0 saturated heterocycles. The van der Waals surface area contributed by atoms with Crippen LogP contribution >= 0.6 is 0 Å². The van der Waals surface area contributed by atoms with Crippen molar-refractivity contribution in [3.05, 3.63) is 35.8 Å². The van der Waals surface area contributed by atoms with Crippen LogP contribution in [0.15, 0.2) is 30.2 Å². The largest absolute Gasteiger partial charge is 0.478 e. The first-order valence-corrected chi connectivity index (χ1v) is 6.67. The topological polar surface area (TPSA) is 136 Å². The molecule has 2 heterocycles. The molecular formula is C14H12N4O5. The van der Waals surface area contributed by atoms with E-state index in [4.69, 9.17) is 5.11 Å². The fourth-order valence-electron chi connectivity index (χ4n) is 2.32. The summed E-state index contributed by atoms with van der Waals surface area (Å²) in [7, 11) is 0. The minimum absolute atomic E-state index is 0.0548. The number of β-amino-alcohol motifs (C(OH)–C–C–N with tert-alkyl or cyclic N) is 1. The van der Waals surface area contributed by atoms with E-state index in [1.165, 1.54) is 18.5 Å². The number of carbonyl (C=O) groups is 3. The van der Waals surface area contributed by atoms with Gasteiger partial charge in [-0.1, -0.05) is 0 Å². The van der Waals surface area contributed by atoms with Crippen molar-refractivity contribution in [3.63, 3.8) is 0 Å². The Hall–Kier alpha value is -3.20. The van der Waals surface area contributed by atoms with Gasteiger partial charge in [-0.15, -0.1) is 0 Å². The number of aromatic nitrogens is 2. The van der Waals surface area contributed by atoms with Crippen LogP contribution in [-0.4, -0.2) is 56.0 Å². The standard InChI is InChI=1S/C14H12N4O5/c19-2-1-18-12(20)5-11(13(18)21)17-8-4-10-9(15-6-16-10)3-7(8)14(22)23/h3-6,17,19H,1-2H2,(H,15,16)(H,22,23). The van der Waals surface area contributed by atoms with Gasteiger partial charge in [-0.3, -0.25) is 14.5 Å². The van der Waals surface area contributed by atoms with Gasteiger partial charge in [0.1, 0.15) is 5.70 Å². The predicted molar refractivity (Wildman–Crippen MR) is 78.6 cm³/mol. The van der Waals surface area contributed by atoms with Crippen LogP contribution in [0.3, 0.4) is 0 Å². The lowest BCUT2D eigenvalue weighted by Gasteiger charge is -2.14. The predicted octanol–water partition coefficient (Wildman–Crippen LogP) is -0.0820. The first-order chi connectivity index (χ1) is 11.0. The minimum atomic E-state index is -1.19. The molecule has 2 amide bonds. The smallest absolute Gasteiger partial charge is 0.337 e. The van der Waals surface area contributed by atoms with Crippen molar-refractivity contribution < 1.29 is 24.6 Å². The number of imidazole rings is 1. The maximum atomic E-state index is 12.1. The number of carbonyl (C=O) groups excluding carboxylic acids is 2. The van der Waals surface area contributed by atoms with E-state index in [1.807, 2.05) is 0 Å². The molecule has 0 aliphatic carbocycles. The lowest BCUT2D eigenvalue weighted by molar-refractivity contribution is -0.137. The highest BCUT2D eigenvalue weighted by Crippen LogP contribution is 2.25. The summed E-state index contributed by atoms with van der Waals surface area (Å²) in [5.41, 5.74) is 1.08. The second kappa shape index (κ2) is 5.54. The molecule has 2 aromatic rings. The molecule has 1 aromatic heterocycles. The zero-order valence-electron chi connectivity index (χ0n) is 11.7. The van der Waals surface area contributed by atoms with Crippen LogP contribution in [0, 0.1) is 0 Å². The normalized spacial score (nSPS) is 14.5. The summed E-state index contributed by atoms with van der Waals surface area (Å²) < 4.78 is 0. The van der Waals surface area contributed by atoms with E-state index < -0.39 is 17.8 Å². The number of fused-ring (bicyclic) bond motifs is 1. The number of rotatable bonds is 5. The Bertz CT molecular complexity index is 854. The Labute approximate surface area is 129 Å². The summed E-state index contributed by atoms with van der Waals surface area (Å²) in [4.78, 5) is 42.9. The first-order valence-electron chi connectivity index (χ1n) is 6.67. The highest BCUT2D eigenvalue weighted by molar-refractivity contribution is 6.18. The highest BCUT2D eigenvalue weighted by atomic mass is 16.4. The number of aromatic amines is 1. The van der Waals surface area contributed by atoms with E-state index in [-0.39, 0.29) is 30.1 Å². The number of anilines is 1. The quantitative estimate of drug-likeness (QED) is 0.566. The fourth-order valence-corrected chi connectivity index (χ4v) is 2.32. The number of amides is 2. The molecule has 9 nitrogen and oxygen atoms in total. The number of nitrogens with one attached hydrogen (secondary N) is 2. The summed E-state index contributed by atoms with van der Waals surface area (Å²) >= 11 is 0. The molecule has 0 saturated carbocycles. The Morgan fingerprint density at radius 3 is 2.83 bits per heavy atom. The van der Waals surface area contributed by atoms with Crippen LogP contribution < -0.4 is 5.32 Å². The third kappa shape index (κ3) is 2.53. The van der Waals surface area contributed by atoms with E-state index >= 15 is 0 Å². The van der Waals surface area contributed by atoms with Crippen LogP contribution in [-0.2, 0) is 9.59 Å². The minimum Gasteiger partial charge on any atom is -0.478 e. The molecule has 1 aliphatic rings. The van der Waals surface area contributed by atoms with Crippen molar-refractivity contribution in [2.24, 2.45) is 0 Å². The Kier molecular flexibility index (Phi) is 3.54.